The van der Waals surface area contributed by atoms with Crippen molar-refractivity contribution >= 4 is 17.3 Å². The molecule has 20 heavy (non-hydrogen) atoms. The van der Waals surface area contributed by atoms with E-state index in [1.165, 1.54) is 6.42 Å². The quantitative estimate of drug-likeness (QED) is 0.807. The SMILES string of the molecule is COC1(CNc2cc(N)ccc2C(=O)N(C)C)CCC1. The fourth-order valence-electron chi connectivity index (χ4n) is 2.42. The Hall–Kier alpha value is -1.75. The number of benzene rings is 1. The van der Waals surface area contributed by atoms with E-state index in [1.54, 1.807) is 44.3 Å². The molecule has 1 aliphatic carbocycles. The van der Waals surface area contributed by atoms with Crippen molar-refractivity contribution in [1.29, 1.82) is 0 Å². The second kappa shape index (κ2) is 5.71. The number of ether oxygens (including phenoxy) is 1. The van der Waals surface area contributed by atoms with Crippen LogP contribution in [0.5, 0.6) is 0 Å². The number of anilines is 2. The zero-order valence-electron chi connectivity index (χ0n) is 12.4. The molecule has 0 unspecified atom stereocenters. The highest BCUT2D eigenvalue weighted by Gasteiger charge is 2.36. The van der Waals surface area contributed by atoms with E-state index in [0.29, 0.717) is 17.8 Å². The van der Waals surface area contributed by atoms with Crippen LogP contribution in [0.4, 0.5) is 11.4 Å². The summed E-state index contributed by atoms with van der Waals surface area (Å²) in [6, 6.07) is 5.32. The van der Waals surface area contributed by atoms with Gasteiger partial charge in [0, 0.05) is 39.1 Å². The number of nitrogens with two attached hydrogens (primary N) is 1. The van der Waals surface area contributed by atoms with Crippen LogP contribution in [-0.2, 0) is 4.74 Å². The van der Waals surface area contributed by atoms with E-state index in [-0.39, 0.29) is 11.5 Å². The number of nitrogens with zero attached hydrogens (tertiary/aromatic N) is 1. The number of methoxy groups -OCH3 is 1. The molecule has 0 aliphatic heterocycles. The Labute approximate surface area is 120 Å². The van der Waals surface area contributed by atoms with Crippen molar-refractivity contribution in [3.63, 3.8) is 0 Å². The average molecular weight is 277 g/mol. The van der Waals surface area contributed by atoms with E-state index in [1.807, 2.05) is 0 Å². The van der Waals surface area contributed by atoms with Gasteiger partial charge >= 0.3 is 0 Å². The number of rotatable bonds is 5. The molecule has 5 heteroatoms. The van der Waals surface area contributed by atoms with Gasteiger partial charge in [0.2, 0.25) is 0 Å². The minimum atomic E-state index is -0.0942. The van der Waals surface area contributed by atoms with Gasteiger partial charge in [0.25, 0.3) is 5.91 Å². The molecule has 0 aromatic heterocycles. The highest BCUT2D eigenvalue weighted by atomic mass is 16.5. The van der Waals surface area contributed by atoms with Crippen LogP contribution in [0.3, 0.4) is 0 Å². The van der Waals surface area contributed by atoms with Gasteiger partial charge in [-0.15, -0.1) is 0 Å². The first-order chi connectivity index (χ1) is 9.47. The lowest BCUT2D eigenvalue weighted by Gasteiger charge is -2.40. The van der Waals surface area contributed by atoms with Crippen LogP contribution in [0.25, 0.3) is 0 Å². The minimum absolute atomic E-state index is 0.0347. The Bertz CT molecular complexity index is 490. The van der Waals surface area contributed by atoms with Crippen molar-refractivity contribution < 1.29 is 9.53 Å². The summed E-state index contributed by atoms with van der Waals surface area (Å²) in [4.78, 5) is 13.7. The first-order valence-corrected chi connectivity index (χ1v) is 6.88. The summed E-state index contributed by atoms with van der Waals surface area (Å²) < 4.78 is 5.58. The lowest BCUT2D eigenvalue weighted by molar-refractivity contribution is -0.0601. The number of hydrogen-bond acceptors (Lipinski definition) is 4. The van der Waals surface area contributed by atoms with E-state index >= 15 is 0 Å². The maximum absolute atomic E-state index is 12.2. The second-order valence-corrected chi connectivity index (χ2v) is 5.60. The van der Waals surface area contributed by atoms with Crippen LogP contribution in [-0.4, -0.2) is 44.2 Å². The van der Waals surface area contributed by atoms with Gasteiger partial charge in [-0.05, 0) is 37.5 Å². The van der Waals surface area contributed by atoms with Gasteiger partial charge in [-0.25, -0.2) is 0 Å². The van der Waals surface area contributed by atoms with Crippen molar-refractivity contribution in [1.82, 2.24) is 4.90 Å². The maximum Gasteiger partial charge on any atom is 0.255 e. The molecule has 1 aliphatic rings. The van der Waals surface area contributed by atoms with E-state index < -0.39 is 0 Å². The van der Waals surface area contributed by atoms with Crippen LogP contribution in [0.2, 0.25) is 0 Å². The van der Waals surface area contributed by atoms with Gasteiger partial charge in [0.05, 0.1) is 11.2 Å². The zero-order chi connectivity index (χ0) is 14.8. The standard InChI is InChI=1S/C15H23N3O2/c1-18(2)14(19)12-6-5-11(16)9-13(12)17-10-15(20-3)7-4-8-15/h5-6,9,17H,4,7-8,10,16H2,1-3H3. The summed E-state index contributed by atoms with van der Waals surface area (Å²) >= 11 is 0. The van der Waals surface area contributed by atoms with Crippen molar-refractivity contribution in [3.8, 4) is 0 Å². The number of carbonyl (C=O) groups is 1. The van der Waals surface area contributed by atoms with Crippen molar-refractivity contribution in [3.05, 3.63) is 23.8 Å². The molecule has 0 saturated heterocycles. The summed E-state index contributed by atoms with van der Waals surface area (Å²) in [6.45, 7) is 0.695. The van der Waals surface area contributed by atoms with Crippen molar-refractivity contribution in [2.24, 2.45) is 0 Å². The van der Waals surface area contributed by atoms with Gasteiger partial charge in [0.1, 0.15) is 0 Å². The fourth-order valence-corrected chi connectivity index (χ4v) is 2.42. The largest absolute Gasteiger partial charge is 0.399 e. The normalized spacial score (nSPS) is 16.4. The van der Waals surface area contributed by atoms with Gasteiger partial charge < -0.3 is 20.7 Å². The molecule has 1 aromatic carbocycles. The highest BCUT2D eigenvalue weighted by Crippen LogP contribution is 2.35. The van der Waals surface area contributed by atoms with Gasteiger partial charge in [-0.1, -0.05) is 0 Å². The van der Waals surface area contributed by atoms with Crippen LogP contribution >= 0.6 is 0 Å². The molecule has 3 N–H and O–H groups in total. The zero-order valence-corrected chi connectivity index (χ0v) is 12.4. The summed E-state index contributed by atoms with van der Waals surface area (Å²) in [6.07, 6.45) is 3.29. The first-order valence-electron chi connectivity index (χ1n) is 6.88. The highest BCUT2D eigenvalue weighted by molar-refractivity contribution is 6.00. The van der Waals surface area contributed by atoms with Crippen LogP contribution < -0.4 is 11.1 Å². The number of nitrogens with one attached hydrogen (secondary N) is 1. The molecule has 1 amide bonds. The molecular weight excluding hydrogens is 254 g/mol. The van der Waals surface area contributed by atoms with Crippen LogP contribution in [0.1, 0.15) is 29.6 Å². The number of nitrogen functional groups attached to an aromatic ring is 1. The fraction of sp³-hybridized carbons (Fsp3) is 0.533. The predicted molar refractivity (Wildman–Crippen MR) is 81.0 cm³/mol. The van der Waals surface area contributed by atoms with E-state index in [4.69, 9.17) is 10.5 Å². The molecule has 1 saturated carbocycles. The lowest BCUT2D eigenvalue weighted by atomic mass is 9.80. The van der Waals surface area contributed by atoms with Gasteiger partial charge in [0.15, 0.2) is 0 Å². The number of hydrogen-bond donors (Lipinski definition) is 2. The molecule has 5 nitrogen and oxygen atoms in total. The Balaban J connectivity index is 2.17. The number of carbonyl (C=O) groups excluding carboxylic acids is 1. The molecular formula is C15H23N3O2. The average Bonchev–Trinajstić information content (AvgIpc) is 2.37. The Morgan fingerprint density at radius 3 is 2.65 bits per heavy atom. The van der Waals surface area contributed by atoms with Gasteiger partial charge in [-0.2, -0.15) is 0 Å². The molecule has 0 heterocycles. The molecule has 0 bridgehead atoms. The third kappa shape index (κ3) is 2.88. The second-order valence-electron chi connectivity index (χ2n) is 5.60. The first kappa shape index (κ1) is 14.7. The summed E-state index contributed by atoms with van der Waals surface area (Å²) in [5, 5.41) is 3.33. The molecule has 2 rings (SSSR count). The summed E-state index contributed by atoms with van der Waals surface area (Å²) in [5.74, 6) is -0.0347. The molecule has 110 valence electrons. The van der Waals surface area contributed by atoms with Crippen molar-refractivity contribution in [2.45, 2.75) is 24.9 Å². The predicted octanol–water partition coefficient (Wildman–Crippen LogP) is 1.95. The minimum Gasteiger partial charge on any atom is -0.399 e. The lowest BCUT2D eigenvalue weighted by Crippen LogP contribution is -2.45. The Morgan fingerprint density at radius 1 is 1.45 bits per heavy atom. The number of amides is 1. The van der Waals surface area contributed by atoms with Crippen molar-refractivity contribution in [2.75, 3.05) is 38.8 Å². The van der Waals surface area contributed by atoms with E-state index in [0.717, 1.165) is 18.5 Å². The monoisotopic (exact) mass is 277 g/mol. The van der Waals surface area contributed by atoms with Crippen LogP contribution in [0, 0.1) is 0 Å². The van der Waals surface area contributed by atoms with Gasteiger partial charge in [-0.3, -0.25) is 4.79 Å². The van der Waals surface area contributed by atoms with E-state index in [2.05, 4.69) is 5.32 Å². The molecule has 1 aromatic rings. The third-order valence-electron chi connectivity index (χ3n) is 3.98. The van der Waals surface area contributed by atoms with E-state index in [9.17, 15) is 4.79 Å². The third-order valence-corrected chi connectivity index (χ3v) is 3.98. The smallest absolute Gasteiger partial charge is 0.255 e. The summed E-state index contributed by atoms with van der Waals surface area (Å²) in [5.41, 5.74) is 7.78. The maximum atomic E-state index is 12.2. The molecule has 0 radical (unpaired) electrons. The molecule has 0 atom stereocenters. The topological polar surface area (TPSA) is 67.6 Å². The molecule has 1 fully saturated rings. The Kier molecular flexibility index (Phi) is 4.18. The molecule has 0 spiro atoms. The summed E-state index contributed by atoms with van der Waals surface area (Å²) in [7, 11) is 5.22. The van der Waals surface area contributed by atoms with Crippen LogP contribution in [0.15, 0.2) is 18.2 Å². The Morgan fingerprint density at radius 2 is 2.15 bits per heavy atom.